The summed E-state index contributed by atoms with van der Waals surface area (Å²) in [5, 5.41) is 2.75. The number of methoxy groups -OCH3 is 1. The second-order valence-electron chi connectivity index (χ2n) is 4.88. The minimum absolute atomic E-state index is 0.0904. The molecule has 1 atom stereocenters. The third kappa shape index (κ3) is 3.39. The molecule has 21 heavy (non-hydrogen) atoms. The third-order valence-electron chi connectivity index (χ3n) is 3.42. The maximum atomic E-state index is 12.0. The molecule has 0 aromatic heterocycles. The van der Waals surface area contributed by atoms with Crippen molar-refractivity contribution < 1.29 is 19.1 Å². The van der Waals surface area contributed by atoms with Gasteiger partial charge >= 0.3 is 5.97 Å². The van der Waals surface area contributed by atoms with Crippen molar-refractivity contribution in [3.8, 4) is 0 Å². The Balaban J connectivity index is 2.15. The minimum Gasteiger partial charge on any atom is -0.469 e. The van der Waals surface area contributed by atoms with Gasteiger partial charge in [0.2, 0.25) is 11.8 Å². The fraction of sp³-hybridized carbons (Fsp3) is 0.400. The van der Waals surface area contributed by atoms with E-state index in [0.29, 0.717) is 24.3 Å². The van der Waals surface area contributed by atoms with Gasteiger partial charge in [-0.3, -0.25) is 14.4 Å². The van der Waals surface area contributed by atoms with Crippen molar-refractivity contribution in [1.82, 2.24) is 0 Å². The van der Waals surface area contributed by atoms with Crippen LogP contribution in [-0.4, -0.2) is 31.4 Å². The lowest BCUT2D eigenvalue weighted by molar-refractivity contribution is -0.145. The van der Waals surface area contributed by atoms with Gasteiger partial charge in [-0.2, -0.15) is 0 Å². The number of nitrogens with one attached hydrogen (secondary N) is 1. The van der Waals surface area contributed by atoms with E-state index in [-0.39, 0.29) is 24.2 Å². The predicted molar refractivity (Wildman–Crippen MR) is 77.8 cm³/mol. The van der Waals surface area contributed by atoms with E-state index in [4.69, 9.17) is 0 Å². The second-order valence-corrected chi connectivity index (χ2v) is 4.88. The molecule has 112 valence electrons. The molecule has 2 amide bonds. The van der Waals surface area contributed by atoms with E-state index in [1.165, 1.54) is 7.11 Å². The van der Waals surface area contributed by atoms with E-state index in [1.807, 2.05) is 0 Å². The van der Waals surface area contributed by atoms with Gasteiger partial charge in [0.15, 0.2) is 0 Å². The summed E-state index contributed by atoms with van der Waals surface area (Å²) in [6.45, 7) is 2.07. The van der Waals surface area contributed by atoms with Crippen LogP contribution in [0.5, 0.6) is 0 Å². The number of hydrogen-bond donors (Lipinski definition) is 1. The molecule has 1 aromatic carbocycles. The van der Waals surface area contributed by atoms with Crippen LogP contribution in [0.3, 0.4) is 0 Å². The Labute approximate surface area is 123 Å². The molecule has 1 aliphatic rings. The van der Waals surface area contributed by atoms with Crippen LogP contribution < -0.4 is 10.2 Å². The quantitative estimate of drug-likeness (QED) is 0.854. The summed E-state index contributed by atoms with van der Waals surface area (Å²) >= 11 is 0. The van der Waals surface area contributed by atoms with Crippen molar-refractivity contribution in [2.75, 3.05) is 23.9 Å². The molecule has 0 saturated carbocycles. The molecule has 2 rings (SSSR count). The Morgan fingerprint density at radius 1 is 1.43 bits per heavy atom. The SMILES string of the molecule is CCC(=O)Nc1cccc(N2C[C@H](C(=O)OC)CC2=O)c1. The number of hydrogen-bond acceptors (Lipinski definition) is 4. The normalized spacial score (nSPS) is 17.7. The molecule has 1 fully saturated rings. The van der Waals surface area contributed by atoms with Gasteiger partial charge in [-0.1, -0.05) is 13.0 Å². The van der Waals surface area contributed by atoms with E-state index >= 15 is 0 Å². The maximum Gasteiger partial charge on any atom is 0.311 e. The monoisotopic (exact) mass is 290 g/mol. The van der Waals surface area contributed by atoms with E-state index in [1.54, 1.807) is 36.1 Å². The Morgan fingerprint density at radius 3 is 2.86 bits per heavy atom. The Bertz CT molecular complexity index is 571. The molecule has 6 heteroatoms. The average molecular weight is 290 g/mol. The fourth-order valence-electron chi connectivity index (χ4n) is 2.28. The summed E-state index contributed by atoms with van der Waals surface area (Å²) in [6, 6.07) is 7.03. The molecule has 1 heterocycles. The molecule has 1 N–H and O–H groups in total. The summed E-state index contributed by atoms with van der Waals surface area (Å²) in [6.07, 6.45) is 0.537. The second kappa shape index (κ2) is 6.39. The number of amides is 2. The molecule has 1 aliphatic heterocycles. The number of esters is 1. The van der Waals surface area contributed by atoms with Crippen LogP contribution in [0.25, 0.3) is 0 Å². The van der Waals surface area contributed by atoms with Crippen LogP contribution >= 0.6 is 0 Å². The lowest BCUT2D eigenvalue weighted by Gasteiger charge is -2.17. The van der Waals surface area contributed by atoms with Crippen LogP contribution in [0.2, 0.25) is 0 Å². The highest BCUT2D eigenvalue weighted by Crippen LogP contribution is 2.27. The first-order valence-corrected chi connectivity index (χ1v) is 6.83. The predicted octanol–water partition coefficient (Wildman–Crippen LogP) is 1.56. The molecular weight excluding hydrogens is 272 g/mol. The summed E-state index contributed by atoms with van der Waals surface area (Å²) in [5.41, 5.74) is 1.30. The Kier molecular flexibility index (Phi) is 4.57. The lowest BCUT2D eigenvalue weighted by atomic mass is 10.1. The first-order chi connectivity index (χ1) is 10.0. The Morgan fingerprint density at radius 2 is 2.19 bits per heavy atom. The molecule has 6 nitrogen and oxygen atoms in total. The van der Waals surface area contributed by atoms with E-state index < -0.39 is 5.92 Å². The topological polar surface area (TPSA) is 75.7 Å². The lowest BCUT2D eigenvalue weighted by Crippen LogP contribution is -2.26. The summed E-state index contributed by atoms with van der Waals surface area (Å²) in [5.74, 6) is -1.02. The molecule has 0 radical (unpaired) electrons. The number of anilines is 2. The molecule has 0 aliphatic carbocycles. The molecule has 0 spiro atoms. The van der Waals surface area contributed by atoms with Crippen molar-refractivity contribution in [1.29, 1.82) is 0 Å². The third-order valence-corrected chi connectivity index (χ3v) is 3.42. The summed E-state index contributed by atoms with van der Waals surface area (Å²) < 4.78 is 4.68. The van der Waals surface area contributed by atoms with Gasteiger partial charge in [-0.15, -0.1) is 0 Å². The zero-order valence-electron chi connectivity index (χ0n) is 12.1. The highest BCUT2D eigenvalue weighted by molar-refractivity contribution is 6.00. The van der Waals surface area contributed by atoms with Crippen LogP contribution in [-0.2, 0) is 19.1 Å². The Hall–Kier alpha value is -2.37. The maximum absolute atomic E-state index is 12.0. The largest absolute Gasteiger partial charge is 0.469 e. The van der Waals surface area contributed by atoms with Gasteiger partial charge in [0.25, 0.3) is 0 Å². The van der Waals surface area contributed by atoms with Crippen molar-refractivity contribution in [2.45, 2.75) is 19.8 Å². The number of carbonyl (C=O) groups excluding carboxylic acids is 3. The van der Waals surface area contributed by atoms with E-state index in [0.717, 1.165) is 0 Å². The van der Waals surface area contributed by atoms with Gasteiger partial charge in [0, 0.05) is 30.8 Å². The number of rotatable bonds is 4. The highest BCUT2D eigenvalue weighted by Gasteiger charge is 2.35. The summed E-state index contributed by atoms with van der Waals surface area (Å²) in [7, 11) is 1.32. The molecular formula is C15H18N2O4. The van der Waals surface area contributed by atoms with Crippen LogP contribution in [0.15, 0.2) is 24.3 Å². The van der Waals surface area contributed by atoms with Gasteiger partial charge in [0.1, 0.15) is 0 Å². The average Bonchev–Trinajstić information content (AvgIpc) is 2.88. The van der Waals surface area contributed by atoms with E-state index in [9.17, 15) is 14.4 Å². The van der Waals surface area contributed by atoms with Gasteiger partial charge in [-0.05, 0) is 18.2 Å². The van der Waals surface area contributed by atoms with Crippen LogP contribution in [0, 0.1) is 5.92 Å². The molecule has 1 aromatic rings. The zero-order valence-corrected chi connectivity index (χ0v) is 12.1. The smallest absolute Gasteiger partial charge is 0.311 e. The van der Waals surface area contributed by atoms with Crippen molar-refractivity contribution in [3.63, 3.8) is 0 Å². The molecule has 0 unspecified atom stereocenters. The van der Waals surface area contributed by atoms with Crippen molar-refractivity contribution >= 4 is 29.2 Å². The highest BCUT2D eigenvalue weighted by atomic mass is 16.5. The van der Waals surface area contributed by atoms with Crippen molar-refractivity contribution in [3.05, 3.63) is 24.3 Å². The standard InChI is InChI=1S/C15H18N2O4/c1-3-13(18)16-11-5-4-6-12(8-11)17-9-10(7-14(17)19)15(20)21-2/h4-6,8,10H,3,7,9H2,1-2H3,(H,16,18)/t10-/m1/s1. The number of ether oxygens (including phenoxy) is 1. The molecule has 1 saturated heterocycles. The van der Waals surface area contributed by atoms with E-state index in [2.05, 4.69) is 10.1 Å². The number of carbonyl (C=O) groups is 3. The first-order valence-electron chi connectivity index (χ1n) is 6.83. The number of nitrogens with zero attached hydrogens (tertiary/aromatic N) is 1. The fourth-order valence-corrected chi connectivity index (χ4v) is 2.28. The zero-order chi connectivity index (χ0) is 15.4. The van der Waals surface area contributed by atoms with Crippen LogP contribution in [0.4, 0.5) is 11.4 Å². The van der Waals surface area contributed by atoms with Crippen LogP contribution in [0.1, 0.15) is 19.8 Å². The molecule has 0 bridgehead atoms. The van der Waals surface area contributed by atoms with Crippen molar-refractivity contribution in [2.24, 2.45) is 5.92 Å². The first kappa shape index (κ1) is 15.0. The summed E-state index contributed by atoms with van der Waals surface area (Å²) in [4.78, 5) is 36.5. The van der Waals surface area contributed by atoms with Gasteiger partial charge in [0.05, 0.1) is 13.0 Å². The van der Waals surface area contributed by atoms with Gasteiger partial charge in [-0.25, -0.2) is 0 Å². The van der Waals surface area contributed by atoms with Gasteiger partial charge < -0.3 is 15.0 Å². The minimum atomic E-state index is -0.434. The number of benzene rings is 1.